The van der Waals surface area contributed by atoms with E-state index in [4.69, 9.17) is 0 Å². The van der Waals surface area contributed by atoms with Crippen molar-refractivity contribution in [2.24, 2.45) is 7.05 Å². The van der Waals surface area contributed by atoms with Gasteiger partial charge < -0.3 is 4.57 Å². The molecule has 0 bridgehead atoms. The van der Waals surface area contributed by atoms with Crippen molar-refractivity contribution in [1.82, 2.24) is 4.57 Å². The van der Waals surface area contributed by atoms with Gasteiger partial charge in [0.25, 0.3) is 0 Å². The first-order valence-electron chi connectivity index (χ1n) is 10.5. The Morgan fingerprint density at radius 3 is 1.80 bits per heavy atom. The SMILES string of the molecule is CC[Si](CC)(CC)Cc1ccc2cc([Si](CC)(CC)CC)n(C)c2c1. The fraction of sp³-hybridized carbons (Fsp3) is 0.636. The van der Waals surface area contributed by atoms with Crippen LogP contribution in [0.1, 0.15) is 47.1 Å². The molecule has 3 heteroatoms. The maximum atomic E-state index is 2.55. The van der Waals surface area contributed by atoms with Gasteiger partial charge in [-0.05, 0) is 29.1 Å². The maximum Gasteiger partial charge on any atom is 0.107 e. The van der Waals surface area contributed by atoms with Crippen LogP contribution in [0.3, 0.4) is 0 Å². The fourth-order valence-electron chi connectivity index (χ4n) is 4.85. The zero-order valence-corrected chi connectivity index (χ0v) is 19.7. The molecular formula is C22H39NSi2. The van der Waals surface area contributed by atoms with Gasteiger partial charge in [-0.25, -0.2) is 0 Å². The average Bonchev–Trinajstić information content (AvgIpc) is 2.99. The van der Waals surface area contributed by atoms with E-state index in [2.05, 4.69) is 77.4 Å². The van der Waals surface area contributed by atoms with Gasteiger partial charge in [-0.2, -0.15) is 0 Å². The number of benzene rings is 1. The van der Waals surface area contributed by atoms with E-state index in [1.807, 2.05) is 0 Å². The number of fused-ring (bicyclic) bond motifs is 1. The molecule has 1 nitrogen and oxygen atoms in total. The van der Waals surface area contributed by atoms with Gasteiger partial charge in [-0.3, -0.25) is 0 Å². The molecule has 0 saturated heterocycles. The van der Waals surface area contributed by atoms with Crippen LogP contribution in [-0.2, 0) is 13.1 Å². The van der Waals surface area contributed by atoms with E-state index < -0.39 is 16.1 Å². The lowest BCUT2D eigenvalue weighted by molar-refractivity contribution is 0.981. The Balaban J connectivity index is 2.49. The molecule has 0 radical (unpaired) electrons. The molecule has 2 rings (SSSR count). The summed E-state index contributed by atoms with van der Waals surface area (Å²) in [7, 11) is -0.135. The summed E-state index contributed by atoms with van der Waals surface area (Å²) in [6.07, 6.45) is 0. The first-order valence-corrected chi connectivity index (χ1v) is 16.0. The number of rotatable bonds is 9. The highest BCUT2D eigenvalue weighted by atomic mass is 28.3. The molecule has 0 fully saturated rings. The van der Waals surface area contributed by atoms with E-state index in [0.29, 0.717) is 0 Å². The second-order valence-corrected chi connectivity index (χ2v) is 18.7. The number of aryl methyl sites for hydroxylation is 1. The van der Waals surface area contributed by atoms with Gasteiger partial charge in [0.05, 0.1) is 8.07 Å². The Hall–Kier alpha value is -0.806. The molecule has 140 valence electrons. The topological polar surface area (TPSA) is 4.93 Å². The van der Waals surface area contributed by atoms with Crippen LogP contribution in [0, 0.1) is 0 Å². The summed E-state index contributed by atoms with van der Waals surface area (Å²) < 4.78 is 2.55. The second kappa shape index (κ2) is 8.26. The minimum absolute atomic E-state index is 1.11. The van der Waals surface area contributed by atoms with Crippen molar-refractivity contribution < 1.29 is 0 Å². The van der Waals surface area contributed by atoms with Gasteiger partial charge in [-0.15, -0.1) is 0 Å². The maximum absolute atomic E-state index is 2.55. The summed E-state index contributed by atoms with van der Waals surface area (Å²) in [5.41, 5.74) is 3.04. The zero-order chi connectivity index (χ0) is 18.7. The van der Waals surface area contributed by atoms with Gasteiger partial charge in [0.1, 0.15) is 8.07 Å². The van der Waals surface area contributed by atoms with Crippen LogP contribution in [0.25, 0.3) is 10.9 Å². The van der Waals surface area contributed by atoms with E-state index in [-0.39, 0.29) is 0 Å². The molecule has 0 aliphatic rings. The highest BCUT2D eigenvalue weighted by Gasteiger charge is 2.32. The summed E-state index contributed by atoms with van der Waals surface area (Å²) in [6.45, 7) is 14.5. The number of hydrogen-bond donors (Lipinski definition) is 0. The van der Waals surface area contributed by atoms with Crippen molar-refractivity contribution in [2.75, 3.05) is 0 Å². The van der Waals surface area contributed by atoms with Crippen LogP contribution < -0.4 is 5.32 Å². The van der Waals surface area contributed by atoms with Crippen molar-refractivity contribution in [3.63, 3.8) is 0 Å². The molecule has 0 unspecified atom stereocenters. The quantitative estimate of drug-likeness (QED) is 0.443. The monoisotopic (exact) mass is 373 g/mol. The Morgan fingerprint density at radius 1 is 0.760 bits per heavy atom. The lowest BCUT2D eigenvalue weighted by atomic mass is 10.2. The van der Waals surface area contributed by atoms with E-state index in [9.17, 15) is 0 Å². The van der Waals surface area contributed by atoms with Crippen molar-refractivity contribution in [3.05, 3.63) is 29.8 Å². The normalized spacial score (nSPS) is 12.9. The molecule has 0 amide bonds. The predicted molar refractivity (Wildman–Crippen MR) is 121 cm³/mol. The van der Waals surface area contributed by atoms with Crippen molar-refractivity contribution in [2.45, 2.75) is 83.9 Å². The molecule has 25 heavy (non-hydrogen) atoms. The van der Waals surface area contributed by atoms with E-state index >= 15 is 0 Å². The Bertz CT molecular complexity index is 677. The van der Waals surface area contributed by atoms with Gasteiger partial charge in [0.15, 0.2) is 0 Å². The minimum Gasteiger partial charge on any atom is -0.352 e. The lowest BCUT2D eigenvalue weighted by Crippen LogP contribution is -2.48. The third kappa shape index (κ3) is 3.68. The molecule has 1 heterocycles. The van der Waals surface area contributed by atoms with Crippen molar-refractivity contribution in [1.29, 1.82) is 0 Å². The Morgan fingerprint density at radius 2 is 1.32 bits per heavy atom. The summed E-state index contributed by atoms with van der Waals surface area (Å²) in [5.74, 6) is 0. The molecule has 1 aromatic carbocycles. The standard InChI is InChI=1S/C22H39NSi2/c1-8-24(9-2,10-3)18-19-14-15-20-17-22(23(7)21(20)16-19)25(11-4,12-5)13-6/h14-17H,8-13,18H2,1-7H3. The molecule has 2 aromatic rings. The lowest BCUT2D eigenvalue weighted by Gasteiger charge is -2.29. The van der Waals surface area contributed by atoms with Crippen LogP contribution in [-0.4, -0.2) is 20.7 Å². The molecule has 0 N–H and O–H groups in total. The van der Waals surface area contributed by atoms with Crippen molar-refractivity contribution >= 4 is 32.4 Å². The zero-order valence-electron chi connectivity index (χ0n) is 17.7. The largest absolute Gasteiger partial charge is 0.352 e. The van der Waals surface area contributed by atoms with Gasteiger partial charge in [0.2, 0.25) is 0 Å². The van der Waals surface area contributed by atoms with E-state index in [1.54, 1.807) is 10.9 Å². The molecule has 0 atom stereocenters. The Kier molecular flexibility index (Phi) is 6.77. The summed E-state index contributed by atoms with van der Waals surface area (Å²) in [4.78, 5) is 0. The molecule has 0 aliphatic heterocycles. The number of hydrogen-bond acceptors (Lipinski definition) is 0. The van der Waals surface area contributed by atoms with E-state index in [0.717, 1.165) is 0 Å². The second-order valence-electron chi connectivity index (χ2n) is 8.06. The third-order valence-electron chi connectivity index (χ3n) is 7.51. The molecule has 0 spiro atoms. The highest BCUT2D eigenvalue weighted by Crippen LogP contribution is 2.28. The van der Waals surface area contributed by atoms with Gasteiger partial charge in [0, 0.05) is 17.9 Å². The smallest absolute Gasteiger partial charge is 0.107 e. The van der Waals surface area contributed by atoms with Crippen LogP contribution in [0.15, 0.2) is 24.3 Å². The molecule has 0 saturated carbocycles. The molecule has 0 aliphatic carbocycles. The predicted octanol–water partition coefficient (Wildman–Crippen LogP) is 6.48. The summed E-state index contributed by atoms with van der Waals surface area (Å²) >= 11 is 0. The van der Waals surface area contributed by atoms with Gasteiger partial charge in [-0.1, -0.05) is 89.9 Å². The number of aromatic nitrogens is 1. The minimum atomic E-state index is -1.33. The average molecular weight is 374 g/mol. The first kappa shape index (κ1) is 20.5. The summed E-state index contributed by atoms with van der Waals surface area (Å²) in [6, 6.07) is 19.5. The van der Waals surface area contributed by atoms with Crippen LogP contribution in [0.4, 0.5) is 0 Å². The van der Waals surface area contributed by atoms with Crippen LogP contribution >= 0.6 is 0 Å². The fourth-order valence-corrected chi connectivity index (χ4v) is 12.1. The number of nitrogens with zero attached hydrogens (tertiary/aromatic N) is 1. The van der Waals surface area contributed by atoms with E-state index in [1.165, 1.54) is 53.2 Å². The molecular weight excluding hydrogens is 334 g/mol. The first-order chi connectivity index (χ1) is 11.9. The van der Waals surface area contributed by atoms with Crippen molar-refractivity contribution in [3.8, 4) is 0 Å². The Labute approximate surface area is 157 Å². The third-order valence-corrected chi connectivity index (χ3v) is 18.8. The van der Waals surface area contributed by atoms with Crippen LogP contribution in [0.5, 0.6) is 0 Å². The highest BCUT2D eigenvalue weighted by molar-refractivity contribution is 6.91. The van der Waals surface area contributed by atoms with Crippen LogP contribution in [0.2, 0.25) is 36.3 Å². The molecule has 1 aromatic heterocycles. The summed E-state index contributed by atoms with van der Waals surface area (Å²) in [5, 5.41) is 3.11. The van der Waals surface area contributed by atoms with Gasteiger partial charge >= 0.3 is 0 Å².